The van der Waals surface area contributed by atoms with Crippen molar-refractivity contribution >= 4 is 34.6 Å². The summed E-state index contributed by atoms with van der Waals surface area (Å²) in [5.41, 5.74) is 3.22. The van der Waals surface area contributed by atoms with Crippen LogP contribution in [-0.4, -0.2) is 44.6 Å². The average molecular weight is 456 g/mol. The number of hydrogen-bond donors (Lipinski definition) is 3. The van der Waals surface area contributed by atoms with Gasteiger partial charge in [-0.2, -0.15) is 5.26 Å². The summed E-state index contributed by atoms with van der Waals surface area (Å²) < 4.78 is 5.80. The molecule has 0 saturated heterocycles. The van der Waals surface area contributed by atoms with Crippen LogP contribution in [0.2, 0.25) is 5.02 Å². The van der Waals surface area contributed by atoms with E-state index in [-0.39, 0.29) is 17.9 Å². The maximum atomic E-state index is 12.6. The molecule has 0 fully saturated rings. The Balaban J connectivity index is 1.90. The Labute approximate surface area is 194 Å². The third-order valence-electron chi connectivity index (χ3n) is 5.30. The van der Waals surface area contributed by atoms with Gasteiger partial charge in [-0.15, -0.1) is 0 Å². The predicted molar refractivity (Wildman–Crippen MR) is 129 cm³/mol. The molecule has 0 bridgehead atoms. The van der Waals surface area contributed by atoms with E-state index in [4.69, 9.17) is 16.3 Å². The molecule has 0 spiro atoms. The quantitative estimate of drug-likeness (QED) is 0.506. The Kier molecular flexibility index (Phi) is 8.20. The van der Waals surface area contributed by atoms with Crippen LogP contribution in [0.25, 0.3) is 0 Å². The summed E-state index contributed by atoms with van der Waals surface area (Å²) in [5, 5.41) is 20.2. The highest BCUT2D eigenvalue weighted by Gasteiger charge is 2.31. The van der Waals surface area contributed by atoms with E-state index in [1.807, 2.05) is 57.4 Å². The third kappa shape index (κ3) is 6.06. The van der Waals surface area contributed by atoms with Gasteiger partial charge in [0.2, 0.25) is 5.91 Å². The molecular weight excluding hydrogens is 426 g/mol. The minimum Gasteiger partial charge on any atom is -0.492 e. The number of ether oxygens (including phenoxy) is 1. The zero-order chi connectivity index (χ0) is 23.1. The molecule has 0 aromatic heterocycles. The van der Waals surface area contributed by atoms with Gasteiger partial charge in [-0.3, -0.25) is 4.79 Å². The lowest BCUT2D eigenvalue weighted by Gasteiger charge is -2.33. The summed E-state index contributed by atoms with van der Waals surface area (Å²) in [6.45, 7) is 3.73. The largest absolute Gasteiger partial charge is 0.492 e. The van der Waals surface area contributed by atoms with Gasteiger partial charge in [0.25, 0.3) is 0 Å². The molecule has 32 heavy (non-hydrogen) atoms. The molecule has 7 nitrogen and oxygen atoms in total. The first-order valence-electron chi connectivity index (χ1n) is 10.8. The number of nitriles is 1. The van der Waals surface area contributed by atoms with Crippen LogP contribution in [0.15, 0.2) is 36.4 Å². The average Bonchev–Trinajstić information content (AvgIpc) is 2.74. The van der Waals surface area contributed by atoms with E-state index in [0.717, 1.165) is 29.9 Å². The Bertz CT molecular complexity index is 989. The molecule has 3 rings (SSSR count). The molecule has 1 aliphatic rings. The second kappa shape index (κ2) is 11.1. The summed E-state index contributed by atoms with van der Waals surface area (Å²) in [6.07, 6.45) is 1.19. The molecule has 0 aliphatic carbocycles. The lowest BCUT2D eigenvalue weighted by molar-refractivity contribution is -0.116. The number of amides is 1. The number of hydrogen-bond acceptors (Lipinski definition) is 6. The van der Waals surface area contributed by atoms with E-state index < -0.39 is 0 Å². The van der Waals surface area contributed by atoms with Gasteiger partial charge in [0.05, 0.1) is 30.3 Å². The standard InChI is InChI=1S/C24H30ClN5O2/c1-4-32-22-13-20-19(12-21(22)29-23(31)9-6-10-30(2)3)24(16(14-26)15-27-20)28-18-8-5-7-17(25)11-18/h5,7-8,11-13,16,24,27-28H,4,6,9-10,15H2,1-3H3,(H,29,31). The summed E-state index contributed by atoms with van der Waals surface area (Å²) in [5.74, 6) is 0.243. The summed E-state index contributed by atoms with van der Waals surface area (Å²) >= 11 is 6.15. The second-order valence-corrected chi connectivity index (χ2v) is 8.51. The number of carbonyl (C=O) groups is 1. The molecule has 2 aromatic rings. The zero-order valence-corrected chi connectivity index (χ0v) is 19.5. The van der Waals surface area contributed by atoms with E-state index in [0.29, 0.717) is 36.0 Å². The first-order chi connectivity index (χ1) is 15.4. The third-order valence-corrected chi connectivity index (χ3v) is 5.53. The Hall–Kier alpha value is -2.95. The van der Waals surface area contributed by atoms with Crippen LogP contribution in [0.5, 0.6) is 5.75 Å². The van der Waals surface area contributed by atoms with Crippen molar-refractivity contribution in [3.8, 4) is 11.8 Å². The normalized spacial score (nSPS) is 17.1. The number of carbonyl (C=O) groups excluding carboxylic acids is 1. The predicted octanol–water partition coefficient (Wildman–Crippen LogP) is 4.74. The van der Waals surface area contributed by atoms with E-state index >= 15 is 0 Å². The van der Waals surface area contributed by atoms with Gasteiger partial charge in [-0.25, -0.2) is 0 Å². The number of fused-ring (bicyclic) bond motifs is 1. The molecular formula is C24H30ClN5O2. The maximum absolute atomic E-state index is 12.6. The van der Waals surface area contributed by atoms with Crippen LogP contribution in [0.1, 0.15) is 31.4 Å². The van der Waals surface area contributed by atoms with Crippen molar-refractivity contribution in [1.82, 2.24) is 4.90 Å². The van der Waals surface area contributed by atoms with Gasteiger partial charge in [0, 0.05) is 41.0 Å². The van der Waals surface area contributed by atoms with Crippen molar-refractivity contribution in [1.29, 1.82) is 5.26 Å². The van der Waals surface area contributed by atoms with Crippen LogP contribution in [0.4, 0.5) is 17.1 Å². The van der Waals surface area contributed by atoms with Crippen LogP contribution in [0, 0.1) is 17.2 Å². The van der Waals surface area contributed by atoms with Crippen molar-refractivity contribution in [3.63, 3.8) is 0 Å². The van der Waals surface area contributed by atoms with E-state index in [9.17, 15) is 10.1 Å². The highest BCUT2D eigenvalue weighted by molar-refractivity contribution is 6.30. The van der Waals surface area contributed by atoms with Crippen LogP contribution >= 0.6 is 11.6 Å². The molecule has 1 amide bonds. The van der Waals surface area contributed by atoms with E-state index in [1.54, 1.807) is 0 Å². The van der Waals surface area contributed by atoms with Gasteiger partial charge in [0.1, 0.15) is 5.75 Å². The highest BCUT2D eigenvalue weighted by Crippen LogP contribution is 2.41. The van der Waals surface area contributed by atoms with Gasteiger partial charge in [0.15, 0.2) is 0 Å². The molecule has 8 heteroatoms. The fourth-order valence-electron chi connectivity index (χ4n) is 3.76. The number of halogens is 1. The topological polar surface area (TPSA) is 89.4 Å². The Morgan fingerprint density at radius 1 is 1.34 bits per heavy atom. The molecule has 0 radical (unpaired) electrons. The SMILES string of the molecule is CCOc1cc2c(cc1NC(=O)CCCN(C)C)C(Nc1cccc(Cl)c1)C(C#N)CN2. The van der Waals surface area contributed by atoms with Crippen LogP contribution < -0.4 is 20.7 Å². The fraction of sp³-hybridized carbons (Fsp3) is 0.417. The monoisotopic (exact) mass is 455 g/mol. The van der Waals surface area contributed by atoms with Gasteiger partial charge >= 0.3 is 0 Å². The molecule has 170 valence electrons. The molecule has 2 atom stereocenters. The summed E-state index contributed by atoms with van der Waals surface area (Å²) in [7, 11) is 3.97. The van der Waals surface area contributed by atoms with Crippen molar-refractivity contribution < 1.29 is 9.53 Å². The van der Waals surface area contributed by atoms with Gasteiger partial charge in [-0.05, 0) is 58.3 Å². The minimum atomic E-state index is -0.303. The Morgan fingerprint density at radius 3 is 2.84 bits per heavy atom. The Morgan fingerprint density at radius 2 is 2.16 bits per heavy atom. The fourth-order valence-corrected chi connectivity index (χ4v) is 3.95. The lowest BCUT2D eigenvalue weighted by atomic mass is 9.88. The number of nitrogens with zero attached hydrogens (tertiary/aromatic N) is 2. The van der Waals surface area contributed by atoms with Crippen molar-refractivity contribution in [2.45, 2.75) is 25.8 Å². The molecule has 1 aliphatic heterocycles. The molecule has 2 aromatic carbocycles. The lowest BCUT2D eigenvalue weighted by Crippen LogP contribution is -2.31. The molecule has 3 N–H and O–H groups in total. The van der Waals surface area contributed by atoms with Crippen molar-refractivity contribution in [3.05, 3.63) is 47.0 Å². The molecule has 0 saturated carbocycles. The maximum Gasteiger partial charge on any atom is 0.224 e. The smallest absolute Gasteiger partial charge is 0.224 e. The minimum absolute atomic E-state index is 0.0623. The molecule has 2 unspecified atom stereocenters. The zero-order valence-electron chi connectivity index (χ0n) is 18.7. The van der Waals surface area contributed by atoms with Gasteiger partial charge in [-0.1, -0.05) is 17.7 Å². The summed E-state index contributed by atoms with van der Waals surface area (Å²) in [4.78, 5) is 14.6. The second-order valence-electron chi connectivity index (χ2n) is 8.07. The van der Waals surface area contributed by atoms with Crippen molar-refractivity contribution in [2.24, 2.45) is 5.92 Å². The highest BCUT2D eigenvalue weighted by atomic mass is 35.5. The number of nitrogens with one attached hydrogen (secondary N) is 3. The number of rotatable bonds is 9. The first-order valence-corrected chi connectivity index (χ1v) is 11.2. The van der Waals surface area contributed by atoms with Crippen molar-refractivity contribution in [2.75, 3.05) is 49.7 Å². The van der Waals surface area contributed by atoms with Crippen LogP contribution in [-0.2, 0) is 4.79 Å². The molecule has 1 heterocycles. The van der Waals surface area contributed by atoms with E-state index in [1.165, 1.54) is 0 Å². The summed E-state index contributed by atoms with van der Waals surface area (Å²) in [6, 6.07) is 13.4. The number of anilines is 3. The first kappa shape index (κ1) is 23.7. The number of benzene rings is 2. The van der Waals surface area contributed by atoms with Gasteiger partial charge < -0.3 is 25.6 Å². The van der Waals surface area contributed by atoms with Crippen LogP contribution in [0.3, 0.4) is 0 Å². The van der Waals surface area contributed by atoms with E-state index in [2.05, 4.69) is 26.9 Å².